The number of furan rings is 1. The third-order valence-electron chi connectivity index (χ3n) is 3.95. The highest BCUT2D eigenvalue weighted by Crippen LogP contribution is 2.33. The van der Waals surface area contributed by atoms with Gasteiger partial charge in [0.15, 0.2) is 5.88 Å². The molecule has 0 unspecified atom stereocenters. The third-order valence-corrected chi connectivity index (χ3v) is 4.86. The van der Waals surface area contributed by atoms with Gasteiger partial charge in [-0.05, 0) is 30.7 Å². The van der Waals surface area contributed by atoms with Crippen molar-refractivity contribution in [2.45, 2.75) is 12.8 Å². The van der Waals surface area contributed by atoms with Crippen LogP contribution in [0.15, 0.2) is 21.5 Å². The topological polar surface area (TPSA) is 74.1 Å². The monoisotopic (exact) mass is 349 g/mol. The molecule has 0 N–H and O–H groups in total. The fourth-order valence-corrected chi connectivity index (χ4v) is 3.45. The molecule has 2 fully saturated rings. The molecule has 3 amide bonds. The van der Waals surface area contributed by atoms with Crippen LogP contribution in [0.25, 0.3) is 6.08 Å². The van der Waals surface area contributed by atoms with E-state index in [4.69, 9.17) is 4.42 Å². The van der Waals surface area contributed by atoms with Gasteiger partial charge in [-0.3, -0.25) is 19.3 Å². The molecule has 3 heterocycles. The Labute approximate surface area is 144 Å². The standard InChI is InChI=1S/C16H19N3O4S/c1-17(2)14-6-5-11(23-14)9-12-15(21)19(16(22)24-12)10-13(20)18-7-3-4-8-18/h5-6,9H,3-4,7-8,10H2,1-2H3/b12-9-. The minimum atomic E-state index is -0.444. The molecule has 7 nitrogen and oxygen atoms in total. The van der Waals surface area contributed by atoms with Crippen LogP contribution in [0, 0.1) is 0 Å². The number of carbonyl (C=O) groups is 3. The summed E-state index contributed by atoms with van der Waals surface area (Å²) in [5.74, 6) is 0.532. The molecule has 8 heteroatoms. The Morgan fingerprint density at radius 1 is 1.29 bits per heavy atom. The summed E-state index contributed by atoms with van der Waals surface area (Å²) in [6.07, 6.45) is 3.48. The molecule has 1 aromatic rings. The Bertz CT molecular complexity index is 704. The number of nitrogens with zero attached hydrogens (tertiary/aromatic N) is 3. The molecule has 0 saturated carbocycles. The summed E-state index contributed by atoms with van der Waals surface area (Å²) < 4.78 is 5.57. The number of carbonyl (C=O) groups excluding carboxylic acids is 3. The van der Waals surface area contributed by atoms with Crippen molar-refractivity contribution in [3.05, 3.63) is 22.8 Å². The second-order valence-corrected chi connectivity index (χ2v) is 6.92. The van der Waals surface area contributed by atoms with Crippen molar-refractivity contribution < 1.29 is 18.8 Å². The average molecular weight is 349 g/mol. The first-order valence-corrected chi connectivity index (χ1v) is 8.57. The van der Waals surface area contributed by atoms with E-state index < -0.39 is 11.1 Å². The molecule has 0 aromatic carbocycles. The lowest BCUT2D eigenvalue weighted by Crippen LogP contribution is -2.40. The molecule has 0 radical (unpaired) electrons. The fourth-order valence-electron chi connectivity index (χ4n) is 2.63. The molecule has 0 spiro atoms. The predicted octanol–water partition coefficient (Wildman–Crippen LogP) is 2.00. The first kappa shape index (κ1) is 16.6. The summed E-state index contributed by atoms with van der Waals surface area (Å²) in [5.41, 5.74) is 0. The van der Waals surface area contributed by atoms with E-state index in [0.717, 1.165) is 29.5 Å². The minimum Gasteiger partial charge on any atom is -0.441 e. The van der Waals surface area contributed by atoms with Crippen molar-refractivity contribution in [1.82, 2.24) is 9.80 Å². The minimum absolute atomic E-state index is 0.177. The van der Waals surface area contributed by atoms with E-state index in [9.17, 15) is 14.4 Å². The van der Waals surface area contributed by atoms with Crippen LogP contribution in [0.4, 0.5) is 10.7 Å². The molecule has 1 aromatic heterocycles. The van der Waals surface area contributed by atoms with Crippen molar-refractivity contribution in [3.8, 4) is 0 Å². The van der Waals surface area contributed by atoms with E-state index in [1.165, 1.54) is 6.08 Å². The molecule has 2 saturated heterocycles. The highest BCUT2D eigenvalue weighted by molar-refractivity contribution is 8.18. The first-order valence-electron chi connectivity index (χ1n) is 7.76. The highest BCUT2D eigenvalue weighted by atomic mass is 32.2. The zero-order valence-electron chi connectivity index (χ0n) is 13.7. The zero-order valence-corrected chi connectivity index (χ0v) is 14.5. The SMILES string of the molecule is CN(C)c1ccc(/C=C2\SC(=O)N(CC(=O)N3CCCC3)C2=O)o1. The van der Waals surface area contributed by atoms with Gasteiger partial charge in [-0.15, -0.1) is 0 Å². The van der Waals surface area contributed by atoms with E-state index in [2.05, 4.69) is 0 Å². The fraction of sp³-hybridized carbons (Fsp3) is 0.438. The maximum absolute atomic E-state index is 12.4. The number of imide groups is 1. The zero-order chi connectivity index (χ0) is 17.3. The van der Waals surface area contributed by atoms with Crippen LogP contribution >= 0.6 is 11.8 Å². The summed E-state index contributed by atoms with van der Waals surface area (Å²) in [6, 6.07) is 3.52. The van der Waals surface area contributed by atoms with Crippen LogP contribution in [0.5, 0.6) is 0 Å². The van der Waals surface area contributed by atoms with Crippen molar-refractivity contribution in [3.63, 3.8) is 0 Å². The summed E-state index contributed by atoms with van der Waals surface area (Å²) in [4.78, 5) is 41.4. The summed E-state index contributed by atoms with van der Waals surface area (Å²) in [5, 5.41) is -0.418. The second-order valence-electron chi connectivity index (χ2n) is 5.93. The Balaban J connectivity index is 1.70. The number of rotatable bonds is 4. The van der Waals surface area contributed by atoms with Gasteiger partial charge in [0.25, 0.3) is 11.1 Å². The number of hydrogen-bond acceptors (Lipinski definition) is 6. The van der Waals surface area contributed by atoms with Gasteiger partial charge in [-0.25, -0.2) is 0 Å². The first-order chi connectivity index (χ1) is 11.5. The van der Waals surface area contributed by atoms with Crippen molar-refractivity contribution in [2.24, 2.45) is 0 Å². The van der Waals surface area contributed by atoms with Gasteiger partial charge in [0.2, 0.25) is 5.91 Å². The van der Waals surface area contributed by atoms with Gasteiger partial charge in [0.05, 0.1) is 4.91 Å². The van der Waals surface area contributed by atoms with Crippen molar-refractivity contribution in [1.29, 1.82) is 0 Å². The Kier molecular flexibility index (Phi) is 4.66. The second kappa shape index (κ2) is 6.72. The van der Waals surface area contributed by atoms with Crippen LogP contribution < -0.4 is 4.90 Å². The van der Waals surface area contributed by atoms with Crippen LogP contribution in [0.3, 0.4) is 0 Å². The molecule has 128 valence electrons. The molecule has 0 atom stereocenters. The summed E-state index contributed by atoms with van der Waals surface area (Å²) >= 11 is 0.833. The number of likely N-dealkylation sites (tertiary alicyclic amines) is 1. The number of hydrogen-bond donors (Lipinski definition) is 0. The Morgan fingerprint density at radius 2 is 2.00 bits per heavy atom. The third kappa shape index (κ3) is 3.33. The van der Waals surface area contributed by atoms with Gasteiger partial charge in [0, 0.05) is 39.3 Å². The number of anilines is 1. The van der Waals surface area contributed by atoms with Crippen molar-refractivity contribution >= 4 is 40.8 Å². The van der Waals surface area contributed by atoms with E-state index in [1.54, 1.807) is 21.9 Å². The molecular weight excluding hydrogens is 330 g/mol. The maximum atomic E-state index is 12.4. The van der Waals surface area contributed by atoms with E-state index >= 15 is 0 Å². The van der Waals surface area contributed by atoms with Gasteiger partial charge in [0.1, 0.15) is 12.3 Å². The molecule has 2 aliphatic rings. The summed E-state index contributed by atoms with van der Waals surface area (Å²) in [6.45, 7) is 1.21. The predicted molar refractivity (Wildman–Crippen MR) is 91.5 cm³/mol. The lowest BCUT2D eigenvalue weighted by Gasteiger charge is -2.18. The molecule has 0 bridgehead atoms. The van der Waals surface area contributed by atoms with Crippen LogP contribution in [-0.4, -0.2) is 60.6 Å². The van der Waals surface area contributed by atoms with Gasteiger partial charge in [-0.1, -0.05) is 0 Å². The van der Waals surface area contributed by atoms with Gasteiger partial charge < -0.3 is 14.2 Å². The Morgan fingerprint density at radius 3 is 2.62 bits per heavy atom. The van der Waals surface area contributed by atoms with E-state index in [1.807, 2.05) is 14.1 Å². The number of amides is 3. The van der Waals surface area contributed by atoms with E-state index in [-0.39, 0.29) is 17.4 Å². The average Bonchev–Trinajstić information content (AvgIpc) is 3.25. The molecule has 3 rings (SSSR count). The smallest absolute Gasteiger partial charge is 0.294 e. The largest absolute Gasteiger partial charge is 0.441 e. The molecule has 0 aliphatic carbocycles. The van der Waals surface area contributed by atoms with Gasteiger partial charge >= 0.3 is 0 Å². The maximum Gasteiger partial charge on any atom is 0.294 e. The van der Waals surface area contributed by atoms with Crippen LogP contribution in [0.1, 0.15) is 18.6 Å². The van der Waals surface area contributed by atoms with Crippen LogP contribution in [0.2, 0.25) is 0 Å². The Hall–Kier alpha value is -2.22. The quantitative estimate of drug-likeness (QED) is 0.774. The molecule has 24 heavy (non-hydrogen) atoms. The lowest BCUT2D eigenvalue weighted by molar-refractivity contribution is -0.135. The summed E-state index contributed by atoms with van der Waals surface area (Å²) in [7, 11) is 3.70. The van der Waals surface area contributed by atoms with Crippen molar-refractivity contribution in [2.75, 3.05) is 38.6 Å². The normalized spacial score (nSPS) is 19.7. The number of thioether (sulfide) groups is 1. The van der Waals surface area contributed by atoms with Crippen LogP contribution in [-0.2, 0) is 9.59 Å². The highest BCUT2D eigenvalue weighted by Gasteiger charge is 2.37. The molecule has 2 aliphatic heterocycles. The lowest BCUT2D eigenvalue weighted by atomic mass is 10.3. The van der Waals surface area contributed by atoms with E-state index in [0.29, 0.717) is 24.7 Å². The molecular formula is C16H19N3O4S. The van der Waals surface area contributed by atoms with Gasteiger partial charge in [-0.2, -0.15) is 0 Å².